The molecule has 0 radical (unpaired) electrons. The van der Waals surface area contributed by atoms with Crippen LogP contribution in [0.1, 0.15) is 13.3 Å². The minimum atomic E-state index is -1.40. The van der Waals surface area contributed by atoms with Crippen molar-refractivity contribution in [3.63, 3.8) is 0 Å². The van der Waals surface area contributed by atoms with E-state index in [9.17, 15) is 5.11 Å². The van der Waals surface area contributed by atoms with Crippen molar-refractivity contribution in [2.75, 3.05) is 6.61 Å². The zero-order valence-corrected chi connectivity index (χ0v) is 9.31. The molecule has 0 aliphatic rings. The average molecular weight is 186 g/mol. The molecule has 0 fully saturated rings. The number of rotatable bonds is 2. The molecule has 3 heteroatoms. The van der Waals surface area contributed by atoms with E-state index in [1.54, 1.807) is 6.92 Å². The highest BCUT2D eigenvalue weighted by atomic mass is 28.3. The molecule has 0 unspecified atom stereocenters. The van der Waals surface area contributed by atoms with E-state index in [0.29, 0.717) is 6.42 Å². The van der Waals surface area contributed by atoms with E-state index in [0.717, 1.165) is 0 Å². The first-order chi connectivity index (χ1) is 5.27. The number of hydrogen-bond acceptors (Lipinski definition) is 2. The predicted octanol–water partition coefficient (Wildman–Crippen LogP) is 1.00. The summed E-state index contributed by atoms with van der Waals surface area (Å²) < 4.78 is 0. The summed E-state index contributed by atoms with van der Waals surface area (Å²) in [7, 11) is -1.40. The monoisotopic (exact) mass is 186 g/mol. The van der Waals surface area contributed by atoms with Crippen molar-refractivity contribution in [3.8, 4) is 11.5 Å². The largest absolute Gasteiger partial charge is 0.396 e. The van der Waals surface area contributed by atoms with Crippen LogP contribution in [0, 0.1) is 11.5 Å². The molecule has 0 saturated heterocycles. The fourth-order valence-electron chi connectivity index (χ4n) is 0.602. The Morgan fingerprint density at radius 2 is 1.83 bits per heavy atom. The fraction of sp³-hybridized carbons (Fsp3) is 0.778. The summed E-state index contributed by atoms with van der Waals surface area (Å²) in [6.07, 6.45) is 0.324. The molecule has 0 aromatic rings. The molecule has 0 spiro atoms. The number of aliphatic hydroxyl groups excluding tert-OH is 1. The molecule has 0 rings (SSSR count). The second kappa shape index (κ2) is 4.08. The first-order valence-corrected chi connectivity index (χ1v) is 7.64. The van der Waals surface area contributed by atoms with Crippen molar-refractivity contribution in [2.24, 2.45) is 0 Å². The Morgan fingerprint density at radius 3 is 2.17 bits per heavy atom. The van der Waals surface area contributed by atoms with E-state index >= 15 is 0 Å². The third kappa shape index (κ3) is 6.41. The SMILES string of the molecule is C[C@](O)(C#C[Si](C)(C)C)CCO. The standard InChI is InChI=1S/C9H18O2Si/c1-9(11,5-7-10)6-8-12(2,3)4/h10-11H,5,7H2,1-4H3/t9-/m1/s1. The Bertz CT molecular complexity index is 193. The van der Waals surface area contributed by atoms with Crippen molar-refractivity contribution in [3.05, 3.63) is 0 Å². The number of aliphatic hydroxyl groups is 2. The molecule has 70 valence electrons. The summed E-state index contributed by atoms with van der Waals surface area (Å²) in [5.74, 6) is 2.81. The number of hydrogen-bond donors (Lipinski definition) is 2. The second-order valence-electron chi connectivity index (χ2n) is 4.25. The maximum Gasteiger partial charge on any atom is 0.129 e. The predicted molar refractivity (Wildman–Crippen MR) is 53.4 cm³/mol. The van der Waals surface area contributed by atoms with Gasteiger partial charge in [0.2, 0.25) is 0 Å². The van der Waals surface area contributed by atoms with Gasteiger partial charge in [-0.3, -0.25) is 0 Å². The molecule has 0 bridgehead atoms. The summed E-state index contributed by atoms with van der Waals surface area (Å²) in [6, 6.07) is 0. The molecule has 0 saturated carbocycles. The van der Waals surface area contributed by atoms with Gasteiger partial charge in [0.05, 0.1) is 0 Å². The van der Waals surface area contributed by atoms with Crippen molar-refractivity contribution >= 4 is 8.07 Å². The van der Waals surface area contributed by atoms with Crippen LogP contribution < -0.4 is 0 Å². The Kier molecular flexibility index (Phi) is 3.98. The molecule has 12 heavy (non-hydrogen) atoms. The third-order valence-corrected chi connectivity index (χ3v) is 2.18. The van der Waals surface area contributed by atoms with Crippen LogP contribution in [0.15, 0.2) is 0 Å². The van der Waals surface area contributed by atoms with Crippen LogP contribution in [0.4, 0.5) is 0 Å². The summed E-state index contributed by atoms with van der Waals surface area (Å²) in [6.45, 7) is 7.98. The quantitative estimate of drug-likeness (QED) is 0.499. The maximum atomic E-state index is 9.57. The van der Waals surface area contributed by atoms with E-state index in [4.69, 9.17) is 5.11 Å². The van der Waals surface area contributed by atoms with E-state index in [1.807, 2.05) is 0 Å². The van der Waals surface area contributed by atoms with E-state index < -0.39 is 13.7 Å². The van der Waals surface area contributed by atoms with E-state index in [2.05, 4.69) is 31.1 Å². The molecule has 0 aromatic heterocycles. The van der Waals surface area contributed by atoms with E-state index in [-0.39, 0.29) is 6.61 Å². The summed E-state index contributed by atoms with van der Waals surface area (Å²) >= 11 is 0. The van der Waals surface area contributed by atoms with Gasteiger partial charge in [-0.1, -0.05) is 25.6 Å². The van der Waals surface area contributed by atoms with Crippen LogP contribution in [-0.2, 0) is 0 Å². The van der Waals surface area contributed by atoms with Crippen LogP contribution >= 0.6 is 0 Å². The highest BCUT2D eigenvalue weighted by Gasteiger charge is 2.17. The molecule has 2 N–H and O–H groups in total. The average Bonchev–Trinajstić information content (AvgIpc) is 1.83. The van der Waals surface area contributed by atoms with Gasteiger partial charge >= 0.3 is 0 Å². The second-order valence-corrected chi connectivity index (χ2v) is 9.00. The highest BCUT2D eigenvalue weighted by Crippen LogP contribution is 2.07. The normalized spacial score (nSPS) is 16.2. The molecule has 0 heterocycles. The molecular weight excluding hydrogens is 168 g/mol. The highest BCUT2D eigenvalue weighted by molar-refractivity contribution is 6.83. The topological polar surface area (TPSA) is 40.5 Å². The van der Waals surface area contributed by atoms with Gasteiger partial charge < -0.3 is 10.2 Å². The lowest BCUT2D eigenvalue weighted by atomic mass is 10.1. The maximum absolute atomic E-state index is 9.57. The molecule has 0 amide bonds. The minimum absolute atomic E-state index is 0.0205. The molecule has 2 nitrogen and oxygen atoms in total. The van der Waals surface area contributed by atoms with Crippen molar-refractivity contribution in [1.82, 2.24) is 0 Å². The van der Waals surface area contributed by atoms with Gasteiger partial charge in [-0.25, -0.2) is 0 Å². The molecule has 1 atom stereocenters. The van der Waals surface area contributed by atoms with Crippen molar-refractivity contribution in [2.45, 2.75) is 38.6 Å². The van der Waals surface area contributed by atoms with E-state index in [1.165, 1.54) is 0 Å². The minimum Gasteiger partial charge on any atom is -0.396 e. The Hall–Kier alpha value is -0.303. The lowest BCUT2D eigenvalue weighted by Crippen LogP contribution is -2.25. The van der Waals surface area contributed by atoms with Gasteiger partial charge in [0.1, 0.15) is 13.7 Å². The van der Waals surface area contributed by atoms with Gasteiger partial charge in [-0.05, 0) is 6.92 Å². The van der Waals surface area contributed by atoms with Crippen LogP contribution in [-0.4, -0.2) is 30.5 Å². The van der Waals surface area contributed by atoms with Crippen LogP contribution in [0.3, 0.4) is 0 Å². The first kappa shape index (κ1) is 11.7. The molecule has 0 aliphatic heterocycles. The van der Waals surface area contributed by atoms with Crippen LogP contribution in [0.25, 0.3) is 0 Å². The third-order valence-electron chi connectivity index (χ3n) is 1.31. The fourth-order valence-corrected chi connectivity index (χ4v) is 1.25. The Labute approximate surface area is 75.6 Å². The van der Waals surface area contributed by atoms with Crippen LogP contribution in [0.2, 0.25) is 19.6 Å². The molecule has 0 aliphatic carbocycles. The lowest BCUT2D eigenvalue weighted by molar-refractivity contribution is 0.0878. The van der Waals surface area contributed by atoms with Crippen molar-refractivity contribution in [1.29, 1.82) is 0 Å². The van der Waals surface area contributed by atoms with Gasteiger partial charge in [-0.15, -0.1) is 5.54 Å². The molecule has 0 aromatic carbocycles. The smallest absolute Gasteiger partial charge is 0.129 e. The van der Waals surface area contributed by atoms with Gasteiger partial charge in [0.25, 0.3) is 0 Å². The van der Waals surface area contributed by atoms with Crippen LogP contribution in [0.5, 0.6) is 0 Å². The summed E-state index contributed by atoms with van der Waals surface area (Å²) in [4.78, 5) is 0. The lowest BCUT2D eigenvalue weighted by Gasteiger charge is -2.15. The Morgan fingerprint density at radius 1 is 1.33 bits per heavy atom. The summed E-state index contributed by atoms with van der Waals surface area (Å²) in [5.41, 5.74) is 2.06. The summed E-state index contributed by atoms with van der Waals surface area (Å²) in [5, 5.41) is 18.2. The molecular formula is C9H18O2Si. The van der Waals surface area contributed by atoms with Gasteiger partial charge in [0, 0.05) is 13.0 Å². The van der Waals surface area contributed by atoms with Gasteiger partial charge in [0.15, 0.2) is 0 Å². The first-order valence-electron chi connectivity index (χ1n) is 4.14. The zero-order valence-electron chi connectivity index (χ0n) is 8.31. The van der Waals surface area contributed by atoms with Gasteiger partial charge in [-0.2, -0.15) is 0 Å². The zero-order chi connectivity index (χ0) is 9.83. The van der Waals surface area contributed by atoms with Crippen molar-refractivity contribution < 1.29 is 10.2 Å². The Balaban J connectivity index is 4.28.